The van der Waals surface area contributed by atoms with E-state index in [-0.39, 0.29) is 25.9 Å². The maximum absolute atomic E-state index is 8.88. The highest BCUT2D eigenvalue weighted by molar-refractivity contribution is 4.50. The SMILES string of the molecule is CCC(O)CCCO.OCCCCO. The standard InChI is InChI=1S/C6H14O2.C4H10O2/c1-2-6(8)4-3-5-7;5-3-1-2-4-6/h6-8H,2-5H2,1H3;5-6H,1-4H2. The molecule has 0 radical (unpaired) electrons. The van der Waals surface area contributed by atoms with Crippen LogP contribution in [0.5, 0.6) is 0 Å². The summed E-state index contributed by atoms with van der Waals surface area (Å²) in [6, 6.07) is 0. The summed E-state index contributed by atoms with van der Waals surface area (Å²) in [7, 11) is 0. The number of hydrogen-bond donors (Lipinski definition) is 4. The van der Waals surface area contributed by atoms with Gasteiger partial charge in [-0.3, -0.25) is 0 Å². The summed E-state index contributed by atoms with van der Waals surface area (Å²) in [5.41, 5.74) is 0. The molecule has 4 heteroatoms. The van der Waals surface area contributed by atoms with E-state index in [1.54, 1.807) is 0 Å². The first-order chi connectivity index (χ1) is 6.72. The Labute approximate surface area is 86.2 Å². The van der Waals surface area contributed by atoms with Gasteiger partial charge in [0.1, 0.15) is 0 Å². The number of rotatable bonds is 7. The summed E-state index contributed by atoms with van der Waals surface area (Å²) < 4.78 is 0. The number of unbranched alkanes of at least 4 members (excludes halogenated alkanes) is 1. The number of aliphatic hydroxyl groups excluding tert-OH is 4. The Balaban J connectivity index is 0. The van der Waals surface area contributed by atoms with E-state index in [4.69, 9.17) is 20.4 Å². The van der Waals surface area contributed by atoms with Gasteiger partial charge in [0.2, 0.25) is 0 Å². The minimum absolute atomic E-state index is 0.192. The second-order valence-electron chi connectivity index (χ2n) is 3.08. The molecule has 0 saturated heterocycles. The Morgan fingerprint density at radius 3 is 1.57 bits per heavy atom. The number of hydrogen-bond acceptors (Lipinski definition) is 4. The van der Waals surface area contributed by atoms with E-state index in [1.165, 1.54) is 0 Å². The van der Waals surface area contributed by atoms with Gasteiger partial charge in [-0.2, -0.15) is 0 Å². The Hall–Kier alpha value is -0.160. The van der Waals surface area contributed by atoms with E-state index in [0.29, 0.717) is 0 Å². The minimum Gasteiger partial charge on any atom is -0.396 e. The fraction of sp³-hybridized carbons (Fsp3) is 1.00. The lowest BCUT2D eigenvalue weighted by Gasteiger charge is -2.03. The van der Waals surface area contributed by atoms with Gasteiger partial charge in [-0.15, -0.1) is 0 Å². The summed E-state index contributed by atoms with van der Waals surface area (Å²) >= 11 is 0. The lowest BCUT2D eigenvalue weighted by atomic mass is 10.2. The lowest BCUT2D eigenvalue weighted by Crippen LogP contribution is -2.04. The molecule has 0 rings (SSSR count). The van der Waals surface area contributed by atoms with Crippen molar-refractivity contribution in [1.82, 2.24) is 0 Å². The molecular weight excluding hydrogens is 184 g/mol. The predicted molar refractivity (Wildman–Crippen MR) is 56.0 cm³/mol. The maximum atomic E-state index is 8.88. The molecule has 0 amide bonds. The summed E-state index contributed by atoms with van der Waals surface area (Å²) in [6.07, 6.45) is 3.47. The Bertz CT molecular complexity index is 84.2. The second kappa shape index (κ2) is 15.3. The molecule has 0 bridgehead atoms. The smallest absolute Gasteiger partial charge is 0.0538 e. The van der Waals surface area contributed by atoms with Crippen LogP contribution in [0, 0.1) is 0 Å². The van der Waals surface area contributed by atoms with Crippen LogP contribution in [-0.2, 0) is 0 Å². The van der Waals surface area contributed by atoms with Crippen LogP contribution in [0.2, 0.25) is 0 Å². The molecule has 0 saturated carbocycles. The highest BCUT2D eigenvalue weighted by Crippen LogP contribution is 1.98. The lowest BCUT2D eigenvalue weighted by molar-refractivity contribution is 0.146. The molecule has 0 aliphatic carbocycles. The van der Waals surface area contributed by atoms with Crippen molar-refractivity contribution in [3.63, 3.8) is 0 Å². The topological polar surface area (TPSA) is 80.9 Å². The highest BCUT2D eigenvalue weighted by atomic mass is 16.3. The molecule has 0 aromatic carbocycles. The third-order valence-corrected chi connectivity index (χ3v) is 1.73. The third-order valence-electron chi connectivity index (χ3n) is 1.73. The Kier molecular flexibility index (Phi) is 17.8. The van der Waals surface area contributed by atoms with Crippen LogP contribution in [0.3, 0.4) is 0 Å². The fourth-order valence-corrected chi connectivity index (χ4v) is 0.755. The molecule has 1 atom stereocenters. The Morgan fingerprint density at radius 2 is 1.29 bits per heavy atom. The van der Waals surface area contributed by atoms with Crippen molar-refractivity contribution < 1.29 is 20.4 Å². The molecule has 0 aliphatic rings. The van der Waals surface area contributed by atoms with E-state index in [9.17, 15) is 0 Å². The average molecular weight is 208 g/mol. The van der Waals surface area contributed by atoms with Gasteiger partial charge in [0, 0.05) is 19.8 Å². The summed E-state index contributed by atoms with van der Waals surface area (Å²) in [5, 5.41) is 33.3. The van der Waals surface area contributed by atoms with E-state index >= 15 is 0 Å². The van der Waals surface area contributed by atoms with E-state index in [1.807, 2.05) is 6.92 Å². The molecule has 0 spiro atoms. The van der Waals surface area contributed by atoms with Crippen molar-refractivity contribution in [2.24, 2.45) is 0 Å². The summed E-state index contributed by atoms with van der Waals surface area (Å²) in [6.45, 7) is 2.51. The normalized spacial score (nSPS) is 11.8. The zero-order valence-corrected chi connectivity index (χ0v) is 9.02. The third kappa shape index (κ3) is 17.8. The average Bonchev–Trinajstić information content (AvgIpc) is 2.23. The zero-order valence-electron chi connectivity index (χ0n) is 9.02. The fourth-order valence-electron chi connectivity index (χ4n) is 0.755. The van der Waals surface area contributed by atoms with Gasteiger partial charge in [-0.05, 0) is 32.1 Å². The highest BCUT2D eigenvalue weighted by Gasteiger charge is 1.96. The van der Waals surface area contributed by atoms with Crippen LogP contribution < -0.4 is 0 Å². The van der Waals surface area contributed by atoms with Crippen molar-refractivity contribution in [2.45, 2.75) is 45.1 Å². The van der Waals surface area contributed by atoms with Crippen LogP contribution in [-0.4, -0.2) is 46.4 Å². The van der Waals surface area contributed by atoms with Crippen LogP contribution in [0.1, 0.15) is 39.0 Å². The minimum atomic E-state index is -0.206. The number of aliphatic hydroxyl groups is 4. The van der Waals surface area contributed by atoms with Gasteiger partial charge in [-0.25, -0.2) is 0 Å². The molecule has 0 heterocycles. The van der Waals surface area contributed by atoms with Crippen LogP contribution in [0.4, 0.5) is 0 Å². The van der Waals surface area contributed by atoms with Crippen molar-refractivity contribution in [1.29, 1.82) is 0 Å². The van der Waals surface area contributed by atoms with Crippen molar-refractivity contribution >= 4 is 0 Å². The predicted octanol–water partition coefficient (Wildman–Crippen LogP) is 0.281. The largest absolute Gasteiger partial charge is 0.396 e. The van der Waals surface area contributed by atoms with E-state index in [2.05, 4.69) is 0 Å². The van der Waals surface area contributed by atoms with Crippen molar-refractivity contribution in [3.8, 4) is 0 Å². The first kappa shape index (κ1) is 16.3. The molecule has 1 unspecified atom stereocenters. The van der Waals surface area contributed by atoms with Crippen LogP contribution in [0.25, 0.3) is 0 Å². The summed E-state index contributed by atoms with van der Waals surface area (Å²) in [5.74, 6) is 0. The second-order valence-corrected chi connectivity index (χ2v) is 3.08. The molecule has 4 nitrogen and oxygen atoms in total. The summed E-state index contributed by atoms with van der Waals surface area (Å²) in [4.78, 5) is 0. The first-order valence-corrected chi connectivity index (χ1v) is 5.23. The van der Waals surface area contributed by atoms with Gasteiger partial charge >= 0.3 is 0 Å². The first-order valence-electron chi connectivity index (χ1n) is 5.23. The van der Waals surface area contributed by atoms with Crippen molar-refractivity contribution in [2.75, 3.05) is 19.8 Å². The van der Waals surface area contributed by atoms with Gasteiger partial charge in [-0.1, -0.05) is 6.92 Å². The molecular formula is C10H24O4. The molecule has 0 aromatic rings. The zero-order chi connectivity index (χ0) is 11.2. The van der Waals surface area contributed by atoms with Gasteiger partial charge in [0.05, 0.1) is 6.10 Å². The van der Waals surface area contributed by atoms with Crippen LogP contribution >= 0.6 is 0 Å². The molecule has 0 aliphatic heterocycles. The van der Waals surface area contributed by atoms with Gasteiger partial charge in [0.15, 0.2) is 0 Å². The molecule has 0 aromatic heterocycles. The Morgan fingerprint density at radius 1 is 0.857 bits per heavy atom. The van der Waals surface area contributed by atoms with E-state index in [0.717, 1.165) is 32.1 Å². The van der Waals surface area contributed by atoms with E-state index < -0.39 is 0 Å². The molecule has 88 valence electrons. The molecule has 14 heavy (non-hydrogen) atoms. The maximum Gasteiger partial charge on any atom is 0.0538 e. The monoisotopic (exact) mass is 208 g/mol. The van der Waals surface area contributed by atoms with Gasteiger partial charge in [0.25, 0.3) is 0 Å². The van der Waals surface area contributed by atoms with Gasteiger partial charge < -0.3 is 20.4 Å². The van der Waals surface area contributed by atoms with Crippen LogP contribution in [0.15, 0.2) is 0 Å². The molecule has 4 N–H and O–H groups in total. The van der Waals surface area contributed by atoms with Crippen molar-refractivity contribution in [3.05, 3.63) is 0 Å². The molecule has 0 fully saturated rings. The quantitative estimate of drug-likeness (QED) is 0.453.